The van der Waals surface area contributed by atoms with Gasteiger partial charge in [-0.25, -0.2) is 0 Å². The number of aryl methyl sites for hydroxylation is 1. The molecule has 1 aliphatic heterocycles. The number of likely N-dealkylation sites (N-methyl/N-ethyl adjacent to an activating group) is 1. The van der Waals surface area contributed by atoms with E-state index < -0.39 is 0 Å². The monoisotopic (exact) mass is 372 g/mol. The molecule has 0 spiro atoms. The van der Waals surface area contributed by atoms with Gasteiger partial charge < -0.3 is 19.7 Å². The topological polar surface area (TPSA) is 92.5 Å². The summed E-state index contributed by atoms with van der Waals surface area (Å²) in [5.74, 6) is -0.357. The molecule has 1 aliphatic rings. The van der Waals surface area contributed by atoms with Gasteiger partial charge in [0.2, 0.25) is 5.56 Å². The van der Waals surface area contributed by atoms with Crippen molar-refractivity contribution in [3.05, 3.63) is 51.7 Å². The molecular formula is C18H24N6O3. The molecule has 0 aromatic carbocycles. The summed E-state index contributed by atoms with van der Waals surface area (Å²) in [5, 5.41) is 7.19. The Hall–Kier alpha value is -2.94. The van der Waals surface area contributed by atoms with Crippen LogP contribution in [0, 0.1) is 0 Å². The van der Waals surface area contributed by atoms with E-state index >= 15 is 0 Å². The average Bonchev–Trinajstić information content (AvgIpc) is 3.06. The fourth-order valence-electron chi connectivity index (χ4n) is 2.94. The minimum absolute atomic E-state index is 0.143. The lowest BCUT2D eigenvalue weighted by atomic mass is 10.2. The van der Waals surface area contributed by atoms with Gasteiger partial charge in [-0.05, 0) is 26.2 Å². The highest BCUT2D eigenvalue weighted by molar-refractivity contribution is 5.94. The van der Waals surface area contributed by atoms with Crippen molar-refractivity contribution in [2.75, 3.05) is 33.7 Å². The van der Waals surface area contributed by atoms with E-state index in [1.165, 1.54) is 10.6 Å². The number of rotatable bonds is 5. The highest BCUT2D eigenvalue weighted by Crippen LogP contribution is 2.16. The van der Waals surface area contributed by atoms with E-state index in [0.717, 1.165) is 12.2 Å². The first kappa shape index (κ1) is 18.8. The number of pyridine rings is 1. The van der Waals surface area contributed by atoms with Crippen molar-refractivity contribution >= 4 is 11.8 Å². The molecule has 0 saturated heterocycles. The number of nitrogens with zero attached hydrogens (tertiary/aromatic N) is 5. The number of aromatic nitrogens is 3. The van der Waals surface area contributed by atoms with Crippen molar-refractivity contribution in [2.45, 2.75) is 13.1 Å². The van der Waals surface area contributed by atoms with E-state index in [4.69, 9.17) is 0 Å². The molecule has 3 rings (SSSR count). The van der Waals surface area contributed by atoms with Gasteiger partial charge in [0.15, 0.2) is 5.69 Å². The summed E-state index contributed by atoms with van der Waals surface area (Å²) in [4.78, 5) is 40.1. The third-order valence-corrected chi connectivity index (χ3v) is 4.50. The van der Waals surface area contributed by atoms with Crippen LogP contribution in [0.2, 0.25) is 0 Å². The molecule has 3 heterocycles. The quantitative estimate of drug-likeness (QED) is 0.766. The molecule has 2 aromatic rings. The van der Waals surface area contributed by atoms with Crippen LogP contribution in [-0.2, 0) is 20.1 Å². The Balaban J connectivity index is 1.68. The molecule has 2 amide bonds. The third kappa shape index (κ3) is 4.25. The predicted molar refractivity (Wildman–Crippen MR) is 99.5 cm³/mol. The fraction of sp³-hybridized carbons (Fsp3) is 0.444. The maximum atomic E-state index is 12.7. The molecule has 0 unspecified atom stereocenters. The minimum Gasteiger partial charge on any atom is -0.349 e. The van der Waals surface area contributed by atoms with Crippen LogP contribution >= 0.6 is 0 Å². The molecule has 9 nitrogen and oxygen atoms in total. The van der Waals surface area contributed by atoms with Crippen LogP contribution in [0.3, 0.4) is 0 Å². The van der Waals surface area contributed by atoms with Gasteiger partial charge in [-0.3, -0.25) is 19.1 Å². The van der Waals surface area contributed by atoms with Crippen LogP contribution in [0.1, 0.15) is 26.5 Å². The van der Waals surface area contributed by atoms with Crippen molar-refractivity contribution < 1.29 is 9.59 Å². The van der Waals surface area contributed by atoms with E-state index in [9.17, 15) is 14.4 Å². The van der Waals surface area contributed by atoms with Gasteiger partial charge in [-0.15, -0.1) is 0 Å². The maximum absolute atomic E-state index is 12.7. The highest BCUT2D eigenvalue weighted by Gasteiger charge is 2.25. The second-order valence-corrected chi connectivity index (χ2v) is 6.90. The molecule has 1 N–H and O–H groups in total. The Morgan fingerprint density at radius 3 is 2.74 bits per heavy atom. The lowest BCUT2D eigenvalue weighted by Gasteiger charge is -2.27. The van der Waals surface area contributed by atoms with Gasteiger partial charge in [0.25, 0.3) is 11.8 Å². The van der Waals surface area contributed by atoms with Crippen LogP contribution in [-0.4, -0.2) is 69.7 Å². The zero-order chi connectivity index (χ0) is 19.6. The first-order valence-corrected chi connectivity index (χ1v) is 8.81. The summed E-state index contributed by atoms with van der Waals surface area (Å²) in [6.45, 7) is 2.70. The Morgan fingerprint density at radius 2 is 2.04 bits per heavy atom. The van der Waals surface area contributed by atoms with Gasteiger partial charge in [0.05, 0.1) is 24.3 Å². The summed E-state index contributed by atoms with van der Waals surface area (Å²) < 4.78 is 3.16. The molecule has 9 heteroatoms. The Kier molecular flexibility index (Phi) is 5.41. The predicted octanol–water partition coefficient (Wildman–Crippen LogP) is -0.471. The molecule has 27 heavy (non-hydrogen) atoms. The van der Waals surface area contributed by atoms with Crippen molar-refractivity contribution in [1.29, 1.82) is 0 Å². The number of nitrogens with one attached hydrogen (secondary N) is 1. The number of carbonyl (C=O) groups is 2. The van der Waals surface area contributed by atoms with E-state index in [-0.39, 0.29) is 17.4 Å². The second kappa shape index (κ2) is 7.75. The van der Waals surface area contributed by atoms with Crippen molar-refractivity contribution in [2.24, 2.45) is 7.05 Å². The fourth-order valence-corrected chi connectivity index (χ4v) is 2.94. The number of amides is 2. The Bertz CT molecular complexity index is 914. The average molecular weight is 372 g/mol. The van der Waals surface area contributed by atoms with Crippen molar-refractivity contribution in [1.82, 2.24) is 29.5 Å². The van der Waals surface area contributed by atoms with E-state index in [1.807, 2.05) is 19.0 Å². The van der Waals surface area contributed by atoms with Crippen LogP contribution in [0.5, 0.6) is 0 Å². The van der Waals surface area contributed by atoms with Crippen molar-refractivity contribution in [3.63, 3.8) is 0 Å². The van der Waals surface area contributed by atoms with E-state index in [2.05, 4.69) is 10.4 Å². The summed E-state index contributed by atoms with van der Waals surface area (Å²) in [5.41, 5.74) is 1.48. The lowest BCUT2D eigenvalue weighted by Crippen LogP contribution is -2.38. The third-order valence-electron chi connectivity index (χ3n) is 4.50. The summed E-state index contributed by atoms with van der Waals surface area (Å²) in [6, 6.07) is 4.66. The Labute approximate surface area is 157 Å². The molecule has 0 saturated carbocycles. The van der Waals surface area contributed by atoms with Gasteiger partial charge in [-0.1, -0.05) is 0 Å². The van der Waals surface area contributed by atoms with Crippen LogP contribution in [0.15, 0.2) is 29.2 Å². The van der Waals surface area contributed by atoms with Gasteiger partial charge in [0.1, 0.15) is 0 Å². The van der Waals surface area contributed by atoms with Crippen molar-refractivity contribution in [3.8, 4) is 0 Å². The minimum atomic E-state index is -0.213. The largest absolute Gasteiger partial charge is 0.349 e. The van der Waals surface area contributed by atoms with Crippen LogP contribution < -0.4 is 10.9 Å². The number of carbonyl (C=O) groups excluding carboxylic acids is 2. The number of fused-ring (bicyclic) bond motifs is 1. The molecule has 144 valence electrons. The second-order valence-electron chi connectivity index (χ2n) is 6.90. The molecule has 0 fully saturated rings. The summed E-state index contributed by atoms with van der Waals surface area (Å²) in [6.07, 6.45) is 1.54. The van der Waals surface area contributed by atoms with Crippen LogP contribution in [0.4, 0.5) is 0 Å². The number of hydrogen-bond acceptors (Lipinski definition) is 5. The van der Waals surface area contributed by atoms with Crippen LogP contribution in [0.25, 0.3) is 0 Å². The smallest absolute Gasteiger partial charge is 0.271 e. The maximum Gasteiger partial charge on any atom is 0.271 e. The first-order chi connectivity index (χ1) is 12.8. The molecule has 0 radical (unpaired) electrons. The van der Waals surface area contributed by atoms with E-state index in [0.29, 0.717) is 37.4 Å². The van der Waals surface area contributed by atoms with Gasteiger partial charge >= 0.3 is 0 Å². The molecular weight excluding hydrogens is 348 g/mol. The number of hydrogen-bond donors (Lipinski definition) is 1. The first-order valence-electron chi connectivity index (χ1n) is 8.81. The lowest BCUT2D eigenvalue weighted by molar-refractivity contribution is 0.0704. The standard InChI is InChI=1S/C18H24N6O3/c1-21(2)7-6-19-17(26)15-10-14-12-23(8-9-24(14)20-15)18(27)13-4-5-16(25)22(3)11-13/h4-5,10-11H,6-9,12H2,1-3H3,(H,19,26). The summed E-state index contributed by atoms with van der Waals surface area (Å²) >= 11 is 0. The Morgan fingerprint density at radius 1 is 1.26 bits per heavy atom. The molecule has 0 bridgehead atoms. The van der Waals surface area contributed by atoms with Gasteiger partial charge in [-0.2, -0.15) is 5.10 Å². The highest BCUT2D eigenvalue weighted by atomic mass is 16.2. The SMILES string of the molecule is CN(C)CCNC(=O)c1cc2n(n1)CCN(C(=O)c1ccc(=O)n(C)c1)C2. The molecule has 2 aromatic heterocycles. The molecule has 0 aliphatic carbocycles. The van der Waals surface area contributed by atoms with E-state index in [1.54, 1.807) is 35.0 Å². The zero-order valence-electron chi connectivity index (χ0n) is 15.8. The zero-order valence-corrected chi connectivity index (χ0v) is 15.8. The van der Waals surface area contributed by atoms with Gasteiger partial charge in [0, 0.05) is 38.9 Å². The summed E-state index contributed by atoms with van der Waals surface area (Å²) in [7, 11) is 5.50. The normalized spacial score (nSPS) is 13.6. The molecule has 0 atom stereocenters.